The van der Waals surface area contributed by atoms with Crippen LogP contribution in [0.5, 0.6) is 0 Å². The molecule has 4 aromatic rings. The maximum Gasteiger partial charge on any atom is 0.190 e. The Hall–Kier alpha value is -3.62. The van der Waals surface area contributed by atoms with E-state index in [9.17, 15) is 18.3 Å². The van der Waals surface area contributed by atoms with E-state index >= 15 is 4.39 Å². The molecule has 1 aliphatic rings. The molecule has 1 fully saturated rings. The molecule has 1 unspecified atom stereocenters. The number of aryl methyl sites for hydroxylation is 1. The van der Waals surface area contributed by atoms with Gasteiger partial charge in [0.25, 0.3) is 0 Å². The molecule has 2 heterocycles. The first-order valence-corrected chi connectivity index (χ1v) is 14.8. The molecule has 1 aliphatic heterocycles. The van der Waals surface area contributed by atoms with Crippen LogP contribution in [0.2, 0.25) is 0 Å². The number of carbonyl (C=O) groups excluding carboxylic acids is 1. The zero-order valence-corrected chi connectivity index (χ0v) is 23.0. The molecular weight excluding hydrogens is 515 g/mol. The molecule has 5 rings (SSSR count). The Morgan fingerprint density at radius 3 is 2.26 bits per heavy atom. The number of sulfone groups is 1. The summed E-state index contributed by atoms with van der Waals surface area (Å²) in [4.78, 5) is 18.8. The highest BCUT2D eigenvalue weighted by atomic mass is 32.2. The quantitative estimate of drug-likeness (QED) is 0.322. The molecule has 1 N–H and O–H groups in total. The lowest BCUT2D eigenvalue weighted by atomic mass is 9.84. The normalized spacial score (nSPS) is 17.1. The molecule has 0 radical (unpaired) electrons. The number of nitrogens with zero attached hydrogens (tertiary/aromatic N) is 2. The minimum absolute atomic E-state index is 0.154. The Morgan fingerprint density at radius 2 is 1.67 bits per heavy atom. The van der Waals surface area contributed by atoms with Crippen LogP contribution in [-0.4, -0.2) is 44.1 Å². The molecule has 6 nitrogen and oxygen atoms in total. The fourth-order valence-corrected chi connectivity index (χ4v) is 6.20. The maximum absolute atomic E-state index is 15.7. The van der Waals surface area contributed by atoms with Gasteiger partial charge in [0.05, 0.1) is 16.0 Å². The number of aldehydes is 1. The van der Waals surface area contributed by atoms with Crippen LogP contribution in [0.1, 0.15) is 36.6 Å². The zero-order valence-electron chi connectivity index (χ0n) is 22.2. The highest BCUT2D eigenvalue weighted by Gasteiger charge is 2.35. The maximum atomic E-state index is 15.7. The van der Waals surface area contributed by atoms with Crippen molar-refractivity contribution < 1.29 is 22.7 Å². The third-order valence-electron chi connectivity index (χ3n) is 7.70. The van der Waals surface area contributed by atoms with Crippen LogP contribution in [-0.2, 0) is 25.9 Å². The van der Waals surface area contributed by atoms with Gasteiger partial charge in [-0.2, -0.15) is 0 Å². The topological polar surface area (TPSA) is 87.6 Å². The molecule has 202 valence electrons. The van der Waals surface area contributed by atoms with E-state index in [1.54, 1.807) is 19.1 Å². The molecule has 0 amide bonds. The number of hydrogen-bond donors (Lipinski definition) is 1. The molecular formula is C31H31FN2O4S. The number of benzene rings is 3. The predicted octanol–water partition coefficient (Wildman–Crippen LogP) is 5.49. The summed E-state index contributed by atoms with van der Waals surface area (Å²) in [7, 11) is -3.42. The molecule has 0 spiro atoms. The van der Waals surface area contributed by atoms with Crippen molar-refractivity contribution in [2.24, 2.45) is 0 Å². The van der Waals surface area contributed by atoms with E-state index in [1.807, 2.05) is 48.5 Å². The lowest BCUT2D eigenvalue weighted by molar-refractivity contribution is -0.117. The summed E-state index contributed by atoms with van der Waals surface area (Å²) < 4.78 is 39.8. The number of aliphatic hydroxyl groups is 1. The first kappa shape index (κ1) is 27.0. The van der Waals surface area contributed by atoms with Crippen molar-refractivity contribution >= 4 is 32.7 Å². The number of halogens is 1. The molecule has 1 aromatic heterocycles. The van der Waals surface area contributed by atoms with Gasteiger partial charge in [-0.3, -0.25) is 9.78 Å². The number of hydrogen-bond acceptors (Lipinski definition) is 6. The number of aromatic nitrogens is 1. The van der Waals surface area contributed by atoms with Crippen molar-refractivity contribution in [2.45, 2.75) is 42.9 Å². The van der Waals surface area contributed by atoms with Crippen molar-refractivity contribution in [3.8, 4) is 11.1 Å². The van der Waals surface area contributed by atoms with Crippen LogP contribution >= 0.6 is 0 Å². The first-order chi connectivity index (χ1) is 18.4. The SMILES string of the molecule is Cc1nc2ccc(N3CCC(O)(c4ccccc4)CC3)cc2c(-c2ccc(S(C)(=O)=O)cc2)c1C(C)(F)C=O. The van der Waals surface area contributed by atoms with Crippen molar-refractivity contribution in [3.05, 3.63) is 89.6 Å². The molecule has 0 saturated carbocycles. The Balaban J connectivity index is 1.61. The fraction of sp³-hybridized carbons (Fsp3) is 0.290. The third-order valence-corrected chi connectivity index (χ3v) is 8.83. The van der Waals surface area contributed by atoms with Crippen LogP contribution in [0, 0.1) is 6.92 Å². The Bertz CT molecular complexity index is 1640. The van der Waals surface area contributed by atoms with Gasteiger partial charge in [-0.25, -0.2) is 12.8 Å². The first-order valence-electron chi connectivity index (χ1n) is 12.9. The van der Waals surface area contributed by atoms with Crippen molar-refractivity contribution in [2.75, 3.05) is 24.2 Å². The van der Waals surface area contributed by atoms with Gasteiger partial charge >= 0.3 is 0 Å². The summed E-state index contributed by atoms with van der Waals surface area (Å²) >= 11 is 0. The zero-order chi connectivity index (χ0) is 28.0. The van der Waals surface area contributed by atoms with E-state index in [0.717, 1.165) is 17.5 Å². The summed E-state index contributed by atoms with van der Waals surface area (Å²) in [5, 5.41) is 11.9. The smallest absolute Gasteiger partial charge is 0.190 e. The molecule has 0 bridgehead atoms. The molecule has 1 atom stereocenters. The van der Waals surface area contributed by atoms with Gasteiger partial charge < -0.3 is 10.0 Å². The molecule has 1 saturated heterocycles. The second-order valence-corrected chi connectivity index (χ2v) is 12.5. The van der Waals surface area contributed by atoms with E-state index < -0.39 is 21.1 Å². The summed E-state index contributed by atoms with van der Waals surface area (Å²) in [6.07, 6.45) is 2.52. The van der Waals surface area contributed by atoms with Gasteiger partial charge in [0.15, 0.2) is 21.8 Å². The molecule has 8 heteroatoms. The second-order valence-electron chi connectivity index (χ2n) is 10.5. The number of pyridine rings is 1. The number of piperidine rings is 1. The van der Waals surface area contributed by atoms with Gasteiger partial charge in [0, 0.05) is 41.7 Å². The lowest BCUT2D eigenvalue weighted by Crippen LogP contribution is -2.42. The number of carbonyl (C=O) groups is 1. The monoisotopic (exact) mass is 546 g/mol. The van der Waals surface area contributed by atoms with Crippen molar-refractivity contribution in [3.63, 3.8) is 0 Å². The summed E-state index contributed by atoms with van der Waals surface area (Å²) in [5.41, 5.74) is 0.894. The standard InChI is InChI=1S/C31H31FN2O4S/c1-21-29(30(2,32)20-35)28(22-9-12-25(13-10-22)39(3,37)38)26-19-24(11-14-27(26)33-21)34-17-15-31(36,16-18-34)23-7-5-4-6-8-23/h4-14,19-20,36H,15-18H2,1-3H3. The number of fused-ring (bicyclic) bond motifs is 1. The van der Waals surface area contributed by atoms with Crippen LogP contribution in [0.4, 0.5) is 10.1 Å². The van der Waals surface area contributed by atoms with Crippen molar-refractivity contribution in [1.29, 1.82) is 0 Å². The highest BCUT2D eigenvalue weighted by molar-refractivity contribution is 7.90. The van der Waals surface area contributed by atoms with Gasteiger partial charge in [-0.05, 0) is 73.7 Å². The summed E-state index contributed by atoms with van der Waals surface area (Å²) in [5.74, 6) is 0. The third kappa shape index (κ3) is 5.06. The number of rotatable bonds is 6. The summed E-state index contributed by atoms with van der Waals surface area (Å²) in [6, 6.07) is 21.7. The predicted molar refractivity (Wildman–Crippen MR) is 151 cm³/mol. The highest BCUT2D eigenvalue weighted by Crippen LogP contribution is 2.42. The minimum Gasteiger partial charge on any atom is -0.385 e. The van der Waals surface area contributed by atoms with Gasteiger partial charge in [-0.15, -0.1) is 0 Å². The van der Waals surface area contributed by atoms with Crippen LogP contribution in [0.15, 0.2) is 77.7 Å². The van der Waals surface area contributed by atoms with Crippen molar-refractivity contribution in [1.82, 2.24) is 4.98 Å². The number of alkyl halides is 1. The molecule has 0 aliphatic carbocycles. The largest absolute Gasteiger partial charge is 0.385 e. The second kappa shape index (κ2) is 9.84. The van der Waals surface area contributed by atoms with E-state index in [4.69, 9.17) is 0 Å². The van der Waals surface area contributed by atoms with E-state index in [2.05, 4.69) is 9.88 Å². The van der Waals surface area contributed by atoms with Gasteiger partial charge in [-0.1, -0.05) is 42.5 Å². The molecule has 39 heavy (non-hydrogen) atoms. The minimum atomic E-state index is -3.42. The number of anilines is 1. The van der Waals surface area contributed by atoms with Gasteiger partial charge in [0.1, 0.15) is 0 Å². The molecule has 3 aromatic carbocycles. The Morgan fingerprint density at radius 1 is 1.03 bits per heavy atom. The average molecular weight is 547 g/mol. The van der Waals surface area contributed by atoms with Crippen LogP contribution in [0.25, 0.3) is 22.0 Å². The van der Waals surface area contributed by atoms with E-state index in [-0.39, 0.29) is 16.7 Å². The van der Waals surface area contributed by atoms with E-state index in [1.165, 1.54) is 19.1 Å². The Labute approximate surface area is 228 Å². The van der Waals surface area contributed by atoms with E-state index in [0.29, 0.717) is 53.7 Å². The Kier molecular flexibility index (Phi) is 6.81. The van der Waals surface area contributed by atoms with Gasteiger partial charge in [0.2, 0.25) is 0 Å². The lowest BCUT2D eigenvalue weighted by Gasteiger charge is -2.39. The summed E-state index contributed by atoms with van der Waals surface area (Å²) in [6.45, 7) is 4.13. The fourth-order valence-electron chi connectivity index (χ4n) is 5.57. The average Bonchev–Trinajstić information content (AvgIpc) is 2.92. The van der Waals surface area contributed by atoms with Crippen LogP contribution in [0.3, 0.4) is 0 Å². The van der Waals surface area contributed by atoms with Crippen LogP contribution < -0.4 is 4.90 Å².